The van der Waals surface area contributed by atoms with Crippen LogP contribution in [0.1, 0.15) is 53.4 Å². The van der Waals surface area contributed by atoms with Gasteiger partial charge < -0.3 is 14.0 Å². The monoisotopic (exact) mass is 459 g/mol. The molecular weight excluding hydrogens is 427 g/mol. The summed E-state index contributed by atoms with van der Waals surface area (Å²) in [6.07, 6.45) is 10.1. The van der Waals surface area contributed by atoms with E-state index in [0.717, 1.165) is 37.4 Å². The Balaban J connectivity index is 2.93. The summed E-state index contributed by atoms with van der Waals surface area (Å²) in [7, 11) is 1.14. The summed E-state index contributed by atoms with van der Waals surface area (Å²) in [5, 5.41) is 9.24. The Morgan fingerprint density at radius 2 is 2.37 bits per heavy atom. The molecule has 0 bridgehead atoms. The molecule has 4 nitrogen and oxygen atoms in total. The fraction of sp³-hybridized carbons (Fsp3) is 0.650. The summed E-state index contributed by atoms with van der Waals surface area (Å²) >= 11 is 4.25. The van der Waals surface area contributed by atoms with Crippen molar-refractivity contribution < 1.29 is 18.8 Å². The van der Waals surface area contributed by atoms with E-state index in [9.17, 15) is 9.90 Å². The summed E-state index contributed by atoms with van der Waals surface area (Å²) in [6.45, 7) is 8.14. The van der Waals surface area contributed by atoms with Gasteiger partial charge in [-0.25, -0.2) is 0 Å². The smallest absolute Gasteiger partial charge is 0.306 e. The van der Waals surface area contributed by atoms with Crippen molar-refractivity contribution in [2.24, 2.45) is 11.8 Å². The molecule has 0 saturated carbocycles. The average molecular weight is 460 g/mol. The van der Waals surface area contributed by atoms with Crippen LogP contribution in [-0.4, -0.2) is 37.3 Å². The SMILES string of the molecule is [3H][B]SO[C@H](/C=C(C)/C=C/[C@H](C)C/C=C/Br)[C@H]1C[C@@H](C)C[C@@](C)(CC(=O)O)O1. The predicted octanol–water partition coefficient (Wildman–Crippen LogP) is 5.32. The molecule has 1 heterocycles. The molecule has 5 atom stereocenters. The Hall–Kier alpha value is -0.495. The third-order valence-corrected chi connectivity index (χ3v) is 5.33. The largest absolute Gasteiger partial charge is 0.481 e. The lowest BCUT2D eigenvalue weighted by molar-refractivity contribution is -0.172. The van der Waals surface area contributed by atoms with Crippen LogP contribution in [0.25, 0.3) is 0 Å². The Morgan fingerprint density at radius 3 is 3.00 bits per heavy atom. The summed E-state index contributed by atoms with van der Waals surface area (Å²) in [6, 6.07) is 0. The zero-order chi connectivity index (χ0) is 21.2. The molecule has 0 aliphatic carbocycles. The molecule has 0 aromatic carbocycles. The van der Waals surface area contributed by atoms with Gasteiger partial charge in [-0.1, -0.05) is 65.5 Å². The summed E-state index contributed by atoms with van der Waals surface area (Å²) in [5.74, 6) is -0.111. The van der Waals surface area contributed by atoms with Gasteiger partial charge >= 0.3 is 5.97 Å². The van der Waals surface area contributed by atoms with E-state index in [2.05, 4.69) is 48.0 Å². The van der Waals surface area contributed by atoms with Gasteiger partial charge in [0, 0.05) is 0 Å². The maximum absolute atomic E-state index is 11.3. The molecule has 0 amide bonds. The molecule has 151 valence electrons. The van der Waals surface area contributed by atoms with Gasteiger partial charge in [-0.2, -0.15) is 0 Å². The lowest BCUT2D eigenvalue weighted by atomic mass is 9.82. The van der Waals surface area contributed by atoms with Crippen LogP contribution < -0.4 is 0 Å². The van der Waals surface area contributed by atoms with Crippen LogP contribution in [0.5, 0.6) is 0 Å². The quantitative estimate of drug-likeness (QED) is 0.257. The molecule has 1 aliphatic rings. The Kier molecular flexibility index (Phi) is 10.3. The van der Waals surface area contributed by atoms with Crippen molar-refractivity contribution in [1.82, 2.24) is 0 Å². The molecule has 1 radical (unpaired) electrons. The highest BCUT2D eigenvalue weighted by atomic mass is 79.9. The van der Waals surface area contributed by atoms with Gasteiger partial charge in [-0.05, 0) is 57.3 Å². The minimum absolute atomic E-state index is 0.0283. The molecule has 7 heteroatoms. The number of hydrogen-bond donors (Lipinski definition) is 1. The Labute approximate surface area is 178 Å². The Morgan fingerprint density at radius 1 is 1.63 bits per heavy atom. The third-order valence-electron chi connectivity index (χ3n) is 4.62. The molecule has 27 heavy (non-hydrogen) atoms. The summed E-state index contributed by atoms with van der Waals surface area (Å²) in [4.78, 5) is 13.1. The van der Waals surface area contributed by atoms with Gasteiger partial charge in [0.1, 0.15) is 6.10 Å². The van der Waals surface area contributed by atoms with Gasteiger partial charge in [0.05, 0.1) is 18.1 Å². The molecule has 1 saturated heterocycles. The number of halogens is 1. The molecule has 1 fully saturated rings. The first kappa shape index (κ1) is 22.8. The molecule has 1 N–H and O–H groups in total. The van der Waals surface area contributed by atoms with Crippen LogP contribution >= 0.6 is 27.8 Å². The highest BCUT2D eigenvalue weighted by Gasteiger charge is 2.41. The average Bonchev–Trinajstić information content (AvgIpc) is 2.59. The third kappa shape index (κ3) is 9.50. The maximum Gasteiger partial charge on any atom is 0.306 e. The fourth-order valence-electron chi connectivity index (χ4n) is 3.55. The van der Waals surface area contributed by atoms with E-state index in [4.69, 9.17) is 10.3 Å². The lowest BCUT2D eigenvalue weighted by Gasteiger charge is -2.43. The molecular formula is C20H31BBrO4S. The number of carboxylic acid groups (broad SMARTS) is 1. The fourth-order valence-corrected chi connectivity index (χ4v) is 4.07. The number of allylic oxidation sites excluding steroid dienone is 4. The number of carboxylic acids is 1. The molecule has 0 aromatic rings. The lowest BCUT2D eigenvalue weighted by Crippen LogP contribution is -2.47. The summed E-state index contributed by atoms with van der Waals surface area (Å²) in [5.41, 5.74) is 0.339. The summed E-state index contributed by atoms with van der Waals surface area (Å²) < 4.78 is 19.3. The van der Waals surface area contributed by atoms with Crippen LogP contribution in [0.2, 0.25) is 0 Å². The van der Waals surface area contributed by atoms with E-state index in [1.165, 1.54) is 0 Å². The van der Waals surface area contributed by atoms with E-state index in [1.807, 2.05) is 24.9 Å². The second kappa shape index (κ2) is 12.1. The zero-order valence-electron chi connectivity index (χ0n) is 17.6. The molecule has 1 rings (SSSR count). The van der Waals surface area contributed by atoms with E-state index < -0.39 is 11.6 Å². The van der Waals surface area contributed by atoms with E-state index in [0.29, 0.717) is 18.3 Å². The van der Waals surface area contributed by atoms with Crippen molar-refractivity contribution in [3.05, 3.63) is 34.9 Å². The Bertz CT molecular complexity index is 587. The minimum Gasteiger partial charge on any atom is -0.481 e. The van der Waals surface area contributed by atoms with Gasteiger partial charge in [-0.15, -0.1) is 0 Å². The van der Waals surface area contributed by atoms with E-state index in [1.54, 1.807) is 0 Å². The van der Waals surface area contributed by atoms with Gasteiger partial charge in [0.25, 0.3) is 0 Å². The first-order valence-electron chi connectivity index (χ1n) is 9.80. The predicted molar refractivity (Wildman–Crippen MR) is 118 cm³/mol. The number of carbonyl (C=O) groups is 1. The first-order chi connectivity index (χ1) is 13.2. The normalized spacial score (nSPS) is 29.7. The van der Waals surface area contributed by atoms with Crippen molar-refractivity contribution in [2.45, 2.75) is 71.2 Å². The minimum atomic E-state index is -0.858. The van der Waals surface area contributed by atoms with Crippen molar-refractivity contribution in [2.75, 3.05) is 0 Å². The van der Waals surface area contributed by atoms with Crippen molar-refractivity contribution in [1.29, 1.82) is 1.34 Å². The molecule has 0 unspecified atom stereocenters. The van der Waals surface area contributed by atoms with Crippen molar-refractivity contribution >= 4 is 40.9 Å². The molecule has 0 spiro atoms. The molecule has 1 aliphatic heterocycles. The van der Waals surface area contributed by atoms with E-state index in [-0.39, 0.29) is 18.6 Å². The zero-order valence-corrected chi connectivity index (χ0v) is 19.0. The topological polar surface area (TPSA) is 55.8 Å². The van der Waals surface area contributed by atoms with Gasteiger partial charge in [0.2, 0.25) is 7.09 Å². The van der Waals surface area contributed by atoms with E-state index >= 15 is 0 Å². The van der Waals surface area contributed by atoms with Crippen LogP contribution in [0.4, 0.5) is 0 Å². The highest BCUT2D eigenvalue weighted by molar-refractivity contribution is 9.11. The molecule has 0 aromatic heterocycles. The number of aliphatic carboxylic acids is 1. The second-order valence-corrected chi connectivity index (χ2v) is 8.64. The van der Waals surface area contributed by atoms with Crippen molar-refractivity contribution in [3.8, 4) is 0 Å². The van der Waals surface area contributed by atoms with Crippen LogP contribution in [0.15, 0.2) is 34.9 Å². The second-order valence-electron chi connectivity index (χ2n) is 7.72. The number of rotatable bonds is 11. The number of ether oxygens (including phenoxy) is 1. The van der Waals surface area contributed by atoms with Crippen LogP contribution in [-0.2, 0) is 13.7 Å². The van der Waals surface area contributed by atoms with Crippen LogP contribution in [0, 0.1) is 11.8 Å². The van der Waals surface area contributed by atoms with Crippen molar-refractivity contribution in [3.63, 3.8) is 0 Å². The highest BCUT2D eigenvalue weighted by Crippen LogP contribution is 2.37. The number of hydrogen-bond acceptors (Lipinski definition) is 4. The standard InChI is InChI=1S/C20H31BBrO4S/c1-14(6-5-9-22)7-8-15(2)10-18(26-27-21)17-11-16(3)12-20(4,25-17)13-19(23)24/h5,7-10,14,16-18,21H,6,11-13H2,1-4H3,(H,23,24)/b8-7+,9-5+,15-10+/t14-,16-,17-,18-,20+/m1/s1/i21T. The maximum atomic E-state index is 11.3. The van der Waals surface area contributed by atoms with Gasteiger partial charge in [-0.3, -0.25) is 4.79 Å². The van der Waals surface area contributed by atoms with Crippen LogP contribution in [0.3, 0.4) is 0 Å². The first-order valence-corrected chi connectivity index (χ1v) is 10.9. The van der Waals surface area contributed by atoms with Gasteiger partial charge in [0.15, 0.2) is 0 Å².